The minimum absolute atomic E-state index is 0.170. The van der Waals surface area contributed by atoms with Crippen LogP contribution in [0.1, 0.15) is 31.7 Å². The molecular weight excluding hydrogens is 292 g/mol. The number of hydrogen-bond acceptors (Lipinski definition) is 3. The molecule has 122 valence electrons. The van der Waals surface area contributed by atoms with Gasteiger partial charge < -0.3 is 10.2 Å². The van der Waals surface area contributed by atoms with Crippen molar-refractivity contribution in [1.29, 1.82) is 0 Å². The van der Waals surface area contributed by atoms with Crippen LogP contribution >= 0.6 is 0 Å². The number of aliphatic hydroxyl groups excluding tert-OH is 1. The lowest BCUT2D eigenvalue weighted by Gasteiger charge is -2.42. The molecule has 1 fully saturated rings. The molecule has 0 radical (unpaired) electrons. The third-order valence-electron chi connectivity index (χ3n) is 4.47. The highest BCUT2D eigenvalue weighted by molar-refractivity contribution is 5.75. The van der Waals surface area contributed by atoms with E-state index in [0.717, 1.165) is 6.07 Å². The summed E-state index contributed by atoms with van der Waals surface area (Å²) in [5.74, 6) is -2.24. The van der Waals surface area contributed by atoms with Gasteiger partial charge in [-0.15, -0.1) is 0 Å². The van der Waals surface area contributed by atoms with E-state index in [2.05, 4.69) is 0 Å². The molecular formula is C16H21F2NO3. The molecule has 2 rings (SSSR count). The predicted octanol–water partition coefficient (Wildman–Crippen LogP) is 2.40. The minimum Gasteiger partial charge on any atom is -0.481 e. The molecule has 0 unspecified atom stereocenters. The lowest BCUT2D eigenvalue weighted by atomic mass is 9.73. The maximum atomic E-state index is 13.7. The number of aliphatic carboxylic acids is 1. The van der Waals surface area contributed by atoms with Crippen LogP contribution in [0.3, 0.4) is 0 Å². The smallest absolute Gasteiger partial charge is 0.312 e. The highest BCUT2D eigenvalue weighted by atomic mass is 19.1. The van der Waals surface area contributed by atoms with Crippen LogP contribution in [0.25, 0.3) is 0 Å². The summed E-state index contributed by atoms with van der Waals surface area (Å²) < 4.78 is 26.6. The maximum absolute atomic E-state index is 13.7. The Balaban J connectivity index is 2.07. The zero-order valence-corrected chi connectivity index (χ0v) is 12.6. The van der Waals surface area contributed by atoms with Crippen LogP contribution in [0.15, 0.2) is 18.2 Å². The molecule has 1 heterocycles. The van der Waals surface area contributed by atoms with Crippen molar-refractivity contribution in [2.24, 2.45) is 5.41 Å². The van der Waals surface area contributed by atoms with E-state index in [1.807, 2.05) is 6.92 Å². The van der Waals surface area contributed by atoms with Crippen molar-refractivity contribution in [3.8, 4) is 0 Å². The van der Waals surface area contributed by atoms with Crippen LogP contribution < -0.4 is 0 Å². The number of halogens is 2. The Morgan fingerprint density at radius 1 is 1.45 bits per heavy atom. The Hall–Kier alpha value is -1.53. The Morgan fingerprint density at radius 2 is 2.18 bits per heavy atom. The van der Waals surface area contributed by atoms with Gasteiger partial charge in [0.05, 0.1) is 11.5 Å². The first kappa shape index (κ1) is 16.8. The van der Waals surface area contributed by atoms with Gasteiger partial charge in [0.25, 0.3) is 0 Å². The number of likely N-dealkylation sites (tertiary alicyclic amines) is 1. The second-order valence-corrected chi connectivity index (χ2v) is 5.95. The zero-order chi connectivity index (χ0) is 16.3. The van der Waals surface area contributed by atoms with Gasteiger partial charge in [-0.05, 0) is 25.5 Å². The maximum Gasteiger partial charge on any atom is 0.312 e. The second-order valence-electron chi connectivity index (χ2n) is 5.95. The summed E-state index contributed by atoms with van der Waals surface area (Å²) in [6.07, 6.45) is 0.417. The Kier molecular flexibility index (Phi) is 5.13. The van der Waals surface area contributed by atoms with Gasteiger partial charge in [0.2, 0.25) is 0 Å². The van der Waals surface area contributed by atoms with Crippen LogP contribution in [0.2, 0.25) is 0 Å². The second kappa shape index (κ2) is 6.71. The Bertz CT molecular complexity index is 552. The predicted molar refractivity (Wildman–Crippen MR) is 77.2 cm³/mol. The fourth-order valence-corrected chi connectivity index (χ4v) is 3.16. The van der Waals surface area contributed by atoms with E-state index in [0.29, 0.717) is 31.4 Å². The number of nitrogens with zero attached hydrogens (tertiary/aromatic N) is 1. The largest absolute Gasteiger partial charge is 0.481 e. The molecule has 22 heavy (non-hydrogen) atoms. The fourth-order valence-electron chi connectivity index (χ4n) is 3.16. The molecule has 0 aliphatic carbocycles. The molecule has 0 amide bonds. The summed E-state index contributed by atoms with van der Waals surface area (Å²) in [4.78, 5) is 13.4. The van der Waals surface area contributed by atoms with Crippen molar-refractivity contribution in [1.82, 2.24) is 4.90 Å². The number of benzene rings is 1. The highest BCUT2D eigenvalue weighted by Crippen LogP contribution is 2.37. The van der Waals surface area contributed by atoms with Gasteiger partial charge in [0.1, 0.15) is 11.6 Å². The van der Waals surface area contributed by atoms with Crippen molar-refractivity contribution in [3.63, 3.8) is 0 Å². The topological polar surface area (TPSA) is 60.8 Å². The van der Waals surface area contributed by atoms with Crippen LogP contribution in [0.5, 0.6) is 0 Å². The average Bonchev–Trinajstić information content (AvgIpc) is 2.45. The molecule has 1 aromatic carbocycles. The van der Waals surface area contributed by atoms with Crippen molar-refractivity contribution < 1.29 is 23.8 Å². The van der Waals surface area contributed by atoms with E-state index in [-0.39, 0.29) is 13.1 Å². The van der Waals surface area contributed by atoms with Crippen LogP contribution in [0.4, 0.5) is 8.78 Å². The average molecular weight is 313 g/mol. The number of rotatable bonds is 5. The standard InChI is InChI=1S/C16H21F2NO3/c1-2-5-16(15(21)22)6-7-19(10-14(16)20)9-11-3-4-12(17)8-13(11)18/h3-4,8,14,20H,2,5-7,9-10H2,1H3,(H,21,22)/t14-,16-/m0/s1. The fraction of sp³-hybridized carbons (Fsp3) is 0.562. The number of carbonyl (C=O) groups is 1. The first-order valence-electron chi connectivity index (χ1n) is 7.47. The summed E-state index contributed by atoms with van der Waals surface area (Å²) in [5.41, 5.74) is -0.779. The molecule has 0 bridgehead atoms. The van der Waals surface area contributed by atoms with Crippen LogP contribution in [0, 0.1) is 17.0 Å². The third-order valence-corrected chi connectivity index (χ3v) is 4.47. The van der Waals surface area contributed by atoms with Crippen molar-refractivity contribution in [2.45, 2.75) is 38.8 Å². The van der Waals surface area contributed by atoms with Crippen molar-refractivity contribution in [2.75, 3.05) is 13.1 Å². The summed E-state index contributed by atoms with van der Waals surface area (Å²) in [6.45, 7) is 2.74. The molecule has 6 heteroatoms. The molecule has 1 aliphatic rings. The molecule has 0 saturated carbocycles. The molecule has 1 aromatic rings. The van der Waals surface area contributed by atoms with Gasteiger partial charge >= 0.3 is 5.97 Å². The number of carboxylic acid groups (broad SMARTS) is 1. The number of piperidine rings is 1. The Labute approximate surface area is 128 Å². The van der Waals surface area contributed by atoms with Gasteiger partial charge in [-0.2, -0.15) is 0 Å². The van der Waals surface area contributed by atoms with E-state index in [1.165, 1.54) is 12.1 Å². The number of hydrogen-bond donors (Lipinski definition) is 2. The third kappa shape index (κ3) is 3.28. The molecule has 1 saturated heterocycles. The first-order chi connectivity index (χ1) is 10.4. The molecule has 1 aliphatic heterocycles. The van der Waals surface area contributed by atoms with Crippen LogP contribution in [-0.2, 0) is 11.3 Å². The first-order valence-corrected chi connectivity index (χ1v) is 7.47. The van der Waals surface area contributed by atoms with E-state index in [4.69, 9.17) is 0 Å². The van der Waals surface area contributed by atoms with Crippen molar-refractivity contribution in [3.05, 3.63) is 35.4 Å². The normalized spacial score (nSPS) is 26.1. The monoisotopic (exact) mass is 313 g/mol. The summed E-state index contributed by atoms with van der Waals surface area (Å²) >= 11 is 0. The van der Waals surface area contributed by atoms with E-state index >= 15 is 0 Å². The quantitative estimate of drug-likeness (QED) is 0.876. The SMILES string of the molecule is CCC[C@]1(C(=O)O)CCN(Cc2ccc(F)cc2F)C[C@@H]1O. The van der Waals surface area contributed by atoms with Crippen molar-refractivity contribution >= 4 is 5.97 Å². The molecule has 2 N–H and O–H groups in total. The zero-order valence-electron chi connectivity index (χ0n) is 12.6. The van der Waals surface area contributed by atoms with Gasteiger partial charge in [0.15, 0.2) is 0 Å². The Morgan fingerprint density at radius 3 is 2.73 bits per heavy atom. The lowest BCUT2D eigenvalue weighted by Crippen LogP contribution is -2.54. The van der Waals surface area contributed by atoms with Gasteiger partial charge in [-0.1, -0.05) is 19.4 Å². The lowest BCUT2D eigenvalue weighted by molar-refractivity contribution is -0.164. The van der Waals surface area contributed by atoms with Gasteiger partial charge in [-0.25, -0.2) is 8.78 Å². The van der Waals surface area contributed by atoms with Crippen LogP contribution in [-0.4, -0.2) is 40.3 Å². The summed E-state index contributed by atoms with van der Waals surface area (Å²) in [7, 11) is 0. The van der Waals surface area contributed by atoms with E-state index in [1.54, 1.807) is 4.90 Å². The minimum atomic E-state index is -1.12. The number of carboxylic acids is 1. The molecule has 0 spiro atoms. The summed E-state index contributed by atoms with van der Waals surface area (Å²) in [6, 6.07) is 3.40. The summed E-state index contributed by atoms with van der Waals surface area (Å²) in [5, 5.41) is 19.8. The van der Waals surface area contributed by atoms with Gasteiger partial charge in [-0.3, -0.25) is 9.69 Å². The highest BCUT2D eigenvalue weighted by Gasteiger charge is 2.47. The molecule has 2 atom stereocenters. The van der Waals surface area contributed by atoms with E-state index in [9.17, 15) is 23.8 Å². The van der Waals surface area contributed by atoms with Gasteiger partial charge in [0, 0.05) is 24.7 Å². The molecule has 4 nitrogen and oxygen atoms in total. The van der Waals surface area contributed by atoms with E-state index < -0.39 is 29.1 Å². The number of aliphatic hydroxyl groups is 1. The molecule has 0 aromatic heterocycles. The number of β-amino-alcohol motifs (C(OH)–C–C–N with tert-alkyl or cyclic N) is 1.